The molecule has 0 amide bonds. The van der Waals surface area contributed by atoms with Gasteiger partial charge in [-0.15, -0.1) is 0 Å². The Kier molecular flexibility index (Phi) is 4.44. The largest absolute Gasteiger partial charge is 0.480 e. The van der Waals surface area contributed by atoms with Gasteiger partial charge in [0.25, 0.3) is 0 Å². The standard InChI is InChI=1S/C14H25NO4S/c1-10(2)7-12(13(16)17)15-20(18,19)9-14-5-3-11(8-14)4-6-14/h10-12,15H,3-9H2,1-2H3,(H,16,17). The highest BCUT2D eigenvalue weighted by Gasteiger charge is 2.47. The van der Waals surface area contributed by atoms with Crippen molar-refractivity contribution in [3.63, 3.8) is 0 Å². The third kappa shape index (κ3) is 3.73. The number of aliphatic carboxylic acids is 1. The van der Waals surface area contributed by atoms with Gasteiger partial charge in [-0.2, -0.15) is 0 Å². The van der Waals surface area contributed by atoms with E-state index < -0.39 is 22.0 Å². The summed E-state index contributed by atoms with van der Waals surface area (Å²) in [6.07, 6.45) is 5.52. The first kappa shape index (κ1) is 15.8. The molecule has 1 unspecified atom stereocenters. The molecule has 1 atom stereocenters. The summed E-state index contributed by atoms with van der Waals surface area (Å²) >= 11 is 0. The lowest BCUT2D eigenvalue weighted by Crippen LogP contribution is -2.45. The Balaban J connectivity index is 2.00. The molecule has 0 spiro atoms. The van der Waals surface area contributed by atoms with Gasteiger partial charge in [0.05, 0.1) is 5.75 Å². The third-order valence-corrected chi connectivity index (χ3v) is 6.35. The Morgan fingerprint density at radius 2 is 1.95 bits per heavy atom. The highest BCUT2D eigenvalue weighted by molar-refractivity contribution is 7.89. The molecule has 0 heterocycles. The SMILES string of the molecule is CC(C)CC(NS(=O)(=O)CC12CCC(CC1)C2)C(=O)O. The Morgan fingerprint density at radius 3 is 2.35 bits per heavy atom. The van der Waals surface area contributed by atoms with E-state index in [1.54, 1.807) is 0 Å². The molecule has 2 aliphatic carbocycles. The van der Waals surface area contributed by atoms with E-state index in [1.807, 2.05) is 13.8 Å². The van der Waals surface area contributed by atoms with Gasteiger partial charge < -0.3 is 5.11 Å². The maximum absolute atomic E-state index is 12.3. The lowest BCUT2D eigenvalue weighted by atomic mass is 9.87. The number of carboxylic acids is 1. The summed E-state index contributed by atoms with van der Waals surface area (Å²) in [5.74, 6) is -0.163. The van der Waals surface area contributed by atoms with Crippen molar-refractivity contribution in [3.8, 4) is 0 Å². The summed E-state index contributed by atoms with van der Waals surface area (Å²) < 4.78 is 27.0. The summed E-state index contributed by atoms with van der Waals surface area (Å²) in [7, 11) is -3.53. The summed E-state index contributed by atoms with van der Waals surface area (Å²) in [6, 6.07) is -1.00. The van der Waals surface area contributed by atoms with Crippen LogP contribution in [-0.2, 0) is 14.8 Å². The molecule has 0 saturated heterocycles. The smallest absolute Gasteiger partial charge is 0.321 e. The minimum Gasteiger partial charge on any atom is -0.480 e. The summed E-state index contributed by atoms with van der Waals surface area (Å²) in [4.78, 5) is 11.2. The van der Waals surface area contributed by atoms with Crippen molar-refractivity contribution in [2.75, 3.05) is 5.75 Å². The van der Waals surface area contributed by atoms with E-state index in [0.29, 0.717) is 12.3 Å². The summed E-state index contributed by atoms with van der Waals surface area (Å²) in [5.41, 5.74) is -0.0859. The number of hydrogen-bond acceptors (Lipinski definition) is 3. The predicted molar refractivity (Wildman–Crippen MR) is 76.8 cm³/mol. The zero-order valence-corrected chi connectivity index (χ0v) is 13.1. The number of sulfonamides is 1. The minimum absolute atomic E-state index is 0.0859. The maximum Gasteiger partial charge on any atom is 0.321 e. The fraction of sp³-hybridized carbons (Fsp3) is 0.929. The first-order chi connectivity index (χ1) is 9.21. The van der Waals surface area contributed by atoms with Crippen molar-refractivity contribution in [1.82, 2.24) is 4.72 Å². The maximum atomic E-state index is 12.3. The van der Waals surface area contributed by atoms with Crippen LogP contribution in [0.1, 0.15) is 52.4 Å². The molecule has 0 aromatic carbocycles. The number of nitrogens with one attached hydrogen (secondary N) is 1. The van der Waals surface area contributed by atoms with E-state index >= 15 is 0 Å². The highest BCUT2D eigenvalue weighted by Crippen LogP contribution is 2.54. The van der Waals surface area contributed by atoms with Crippen LogP contribution in [0.5, 0.6) is 0 Å². The average Bonchev–Trinajstić information content (AvgIpc) is 2.85. The van der Waals surface area contributed by atoms with Gasteiger partial charge in [-0.25, -0.2) is 13.1 Å². The predicted octanol–water partition coefficient (Wildman–Crippen LogP) is 1.99. The topological polar surface area (TPSA) is 83.5 Å². The molecule has 6 heteroatoms. The third-order valence-electron chi connectivity index (χ3n) is 4.71. The van der Waals surface area contributed by atoms with Crippen molar-refractivity contribution in [3.05, 3.63) is 0 Å². The van der Waals surface area contributed by atoms with Crippen molar-refractivity contribution >= 4 is 16.0 Å². The van der Waals surface area contributed by atoms with E-state index in [2.05, 4.69) is 4.72 Å². The van der Waals surface area contributed by atoms with Gasteiger partial charge in [0.2, 0.25) is 10.0 Å². The molecule has 0 radical (unpaired) electrons. The van der Waals surface area contributed by atoms with Crippen LogP contribution in [0.15, 0.2) is 0 Å². The lowest BCUT2D eigenvalue weighted by molar-refractivity contribution is -0.139. The summed E-state index contributed by atoms with van der Waals surface area (Å²) in [6.45, 7) is 3.78. The molecule has 2 N–H and O–H groups in total. The normalized spacial score (nSPS) is 30.9. The molecule has 5 nitrogen and oxygen atoms in total. The van der Waals surface area contributed by atoms with Crippen LogP contribution in [0.2, 0.25) is 0 Å². The van der Waals surface area contributed by atoms with Crippen LogP contribution in [0.25, 0.3) is 0 Å². The fourth-order valence-electron chi connectivity index (χ4n) is 3.85. The molecular weight excluding hydrogens is 278 g/mol. The van der Waals surface area contributed by atoms with Crippen LogP contribution in [0, 0.1) is 17.3 Å². The van der Waals surface area contributed by atoms with Gasteiger partial charge in [-0.1, -0.05) is 13.8 Å². The molecular formula is C14H25NO4S. The molecule has 2 bridgehead atoms. The second kappa shape index (κ2) is 5.64. The first-order valence-corrected chi connectivity index (χ1v) is 9.09. The number of fused-ring (bicyclic) bond motifs is 2. The van der Waals surface area contributed by atoms with Crippen LogP contribution >= 0.6 is 0 Å². The van der Waals surface area contributed by atoms with E-state index in [0.717, 1.165) is 32.1 Å². The van der Waals surface area contributed by atoms with Crippen molar-refractivity contribution < 1.29 is 18.3 Å². The average molecular weight is 303 g/mol. The molecule has 2 rings (SSSR count). The number of carbonyl (C=O) groups is 1. The molecule has 116 valence electrons. The van der Waals surface area contributed by atoms with E-state index in [-0.39, 0.29) is 17.1 Å². The molecule has 0 aliphatic heterocycles. The summed E-state index contributed by atoms with van der Waals surface area (Å²) in [5, 5.41) is 9.15. The van der Waals surface area contributed by atoms with Crippen LogP contribution in [-0.4, -0.2) is 31.3 Å². The van der Waals surface area contributed by atoms with E-state index in [1.165, 1.54) is 0 Å². The quantitative estimate of drug-likeness (QED) is 0.753. The first-order valence-electron chi connectivity index (χ1n) is 7.44. The number of carboxylic acid groups (broad SMARTS) is 1. The monoisotopic (exact) mass is 303 g/mol. The molecule has 2 saturated carbocycles. The Hall–Kier alpha value is -0.620. The second-order valence-corrected chi connectivity index (χ2v) is 8.80. The highest BCUT2D eigenvalue weighted by atomic mass is 32.2. The van der Waals surface area contributed by atoms with E-state index in [9.17, 15) is 13.2 Å². The van der Waals surface area contributed by atoms with Gasteiger partial charge in [0, 0.05) is 0 Å². The fourth-order valence-corrected chi connectivity index (χ4v) is 5.77. The van der Waals surface area contributed by atoms with Gasteiger partial charge in [-0.05, 0) is 55.8 Å². The number of hydrogen-bond donors (Lipinski definition) is 2. The van der Waals surface area contributed by atoms with Gasteiger partial charge in [0.15, 0.2) is 0 Å². The van der Waals surface area contributed by atoms with Gasteiger partial charge in [0.1, 0.15) is 6.04 Å². The zero-order chi connectivity index (χ0) is 15.0. The number of rotatable bonds is 7. The molecule has 2 fully saturated rings. The van der Waals surface area contributed by atoms with Crippen molar-refractivity contribution in [2.24, 2.45) is 17.3 Å². The molecule has 20 heavy (non-hydrogen) atoms. The Labute approximate surface area is 121 Å². The minimum atomic E-state index is -3.53. The van der Waals surface area contributed by atoms with Crippen molar-refractivity contribution in [1.29, 1.82) is 0 Å². The molecule has 2 aliphatic rings. The Bertz CT molecular complexity index is 464. The van der Waals surface area contributed by atoms with Crippen LogP contribution in [0.4, 0.5) is 0 Å². The lowest BCUT2D eigenvalue weighted by Gasteiger charge is -2.27. The molecule has 0 aromatic heterocycles. The van der Waals surface area contributed by atoms with Gasteiger partial charge in [-0.3, -0.25) is 4.79 Å². The van der Waals surface area contributed by atoms with Gasteiger partial charge >= 0.3 is 5.97 Å². The molecule has 0 aromatic rings. The second-order valence-electron chi connectivity index (χ2n) is 7.04. The van der Waals surface area contributed by atoms with Crippen LogP contribution < -0.4 is 4.72 Å². The van der Waals surface area contributed by atoms with Crippen LogP contribution in [0.3, 0.4) is 0 Å². The van der Waals surface area contributed by atoms with E-state index in [4.69, 9.17) is 5.11 Å². The van der Waals surface area contributed by atoms with Crippen molar-refractivity contribution in [2.45, 2.75) is 58.4 Å². The Morgan fingerprint density at radius 1 is 1.35 bits per heavy atom. The zero-order valence-electron chi connectivity index (χ0n) is 12.3.